The van der Waals surface area contributed by atoms with E-state index in [0.717, 1.165) is 17.1 Å². The first-order valence-corrected chi connectivity index (χ1v) is 7.19. The Kier molecular flexibility index (Phi) is 4.33. The maximum Gasteiger partial charge on any atom is 0.181 e. The summed E-state index contributed by atoms with van der Waals surface area (Å²) in [7, 11) is 1.64. The van der Waals surface area contributed by atoms with Crippen LogP contribution < -0.4 is 10.1 Å². The Morgan fingerprint density at radius 3 is 2.61 bits per heavy atom. The molecule has 6 nitrogen and oxygen atoms in total. The summed E-state index contributed by atoms with van der Waals surface area (Å²) < 4.78 is 6.82. The van der Waals surface area contributed by atoms with E-state index >= 15 is 0 Å². The zero-order valence-electron chi connectivity index (χ0n) is 13.0. The van der Waals surface area contributed by atoms with Crippen LogP contribution >= 0.6 is 0 Å². The molecule has 0 fully saturated rings. The lowest BCUT2D eigenvalue weighted by Gasteiger charge is -2.05. The van der Waals surface area contributed by atoms with Crippen molar-refractivity contribution in [3.05, 3.63) is 66.1 Å². The average molecular weight is 307 g/mol. The summed E-state index contributed by atoms with van der Waals surface area (Å²) in [5.74, 6) is 1.43. The molecule has 1 heterocycles. The van der Waals surface area contributed by atoms with Gasteiger partial charge in [-0.1, -0.05) is 18.2 Å². The molecule has 3 aromatic rings. The van der Waals surface area contributed by atoms with Crippen molar-refractivity contribution in [2.24, 2.45) is 0 Å². The molecular weight excluding hydrogens is 290 g/mol. The number of aryl methyl sites for hydroxylation is 1. The summed E-state index contributed by atoms with van der Waals surface area (Å²) in [6.07, 6.45) is 3.66. The van der Waals surface area contributed by atoms with Crippen LogP contribution in [-0.2, 0) is 0 Å². The molecule has 23 heavy (non-hydrogen) atoms. The van der Waals surface area contributed by atoms with Gasteiger partial charge in [0.15, 0.2) is 5.82 Å². The number of tetrazole rings is 1. The first-order valence-electron chi connectivity index (χ1n) is 7.19. The standard InChI is InChI=1S/C17H17N5O/c1-13-5-3-4-6-16(13)18-12-11-17-19-20-21-22(17)14-7-9-15(23-2)10-8-14/h3-12,18H,1-2H3/b12-11-. The lowest BCUT2D eigenvalue weighted by molar-refractivity contribution is 0.414. The first-order chi connectivity index (χ1) is 11.3. The molecule has 0 aliphatic heterocycles. The van der Waals surface area contributed by atoms with Crippen molar-refractivity contribution in [2.45, 2.75) is 6.92 Å². The molecule has 0 bridgehead atoms. The fourth-order valence-electron chi connectivity index (χ4n) is 2.15. The zero-order valence-corrected chi connectivity index (χ0v) is 13.0. The van der Waals surface area contributed by atoms with Crippen LogP contribution in [0.4, 0.5) is 5.69 Å². The average Bonchev–Trinajstić information content (AvgIpc) is 3.05. The van der Waals surface area contributed by atoms with Crippen LogP contribution in [-0.4, -0.2) is 27.3 Å². The second-order valence-corrected chi connectivity index (χ2v) is 4.94. The predicted octanol–water partition coefficient (Wildman–Crippen LogP) is 3.06. The summed E-state index contributed by atoms with van der Waals surface area (Å²) >= 11 is 0. The molecule has 0 radical (unpaired) electrons. The molecule has 0 amide bonds. The van der Waals surface area contributed by atoms with Crippen LogP contribution in [0.25, 0.3) is 11.8 Å². The van der Waals surface area contributed by atoms with Gasteiger partial charge in [0, 0.05) is 18.0 Å². The maximum atomic E-state index is 5.16. The molecular formula is C17H17N5O. The van der Waals surface area contributed by atoms with Gasteiger partial charge in [0.25, 0.3) is 0 Å². The van der Waals surface area contributed by atoms with Gasteiger partial charge in [-0.25, -0.2) is 0 Å². The second kappa shape index (κ2) is 6.74. The third kappa shape index (κ3) is 3.37. The lowest BCUT2D eigenvalue weighted by Crippen LogP contribution is -2.00. The molecule has 1 aromatic heterocycles. The Morgan fingerprint density at radius 1 is 1.09 bits per heavy atom. The zero-order chi connectivity index (χ0) is 16.1. The number of nitrogens with zero attached hydrogens (tertiary/aromatic N) is 4. The SMILES string of the molecule is COc1ccc(-n2nnnc2/C=C\Nc2ccccc2C)cc1. The molecule has 0 unspecified atom stereocenters. The van der Waals surface area contributed by atoms with Crippen LogP contribution in [0.2, 0.25) is 0 Å². The van der Waals surface area contributed by atoms with Gasteiger partial charge < -0.3 is 10.1 Å². The number of para-hydroxylation sites is 1. The van der Waals surface area contributed by atoms with E-state index in [1.807, 2.05) is 54.7 Å². The highest BCUT2D eigenvalue weighted by Gasteiger charge is 2.05. The molecule has 0 saturated carbocycles. The largest absolute Gasteiger partial charge is 0.497 e. The molecule has 6 heteroatoms. The van der Waals surface area contributed by atoms with E-state index in [-0.39, 0.29) is 0 Å². The van der Waals surface area contributed by atoms with E-state index in [9.17, 15) is 0 Å². The van der Waals surface area contributed by atoms with Crippen LogP contribution in [0.5, 0.6) is 5.75 Å². The van der Waals surface area contributed by atoms with Gasteiger partial charge in [-0.15, -0.1) is 5.10 Å². The first kappa shape index (κ1) is 14.8. The number of rotatable bonds is 5. The Bertz CT molecular complexity index is 808. The highest BCUT2D eigenvalue weighted by Crippen LogP contribution is 2.16. The maximum absolute atomic E-state index is 5.16. The van der Waals surface area contributed by atoms with Crippen LogP contribution in [0, 0.1) is 6.92 Å². The van der Waals surface area contributed by atoms with Crippen molar-refractivity contribution < 1.29 is 4.74 Å². The number of anilines is 1. The second-order valence-electron chi connectivity index (χ2n) is 4.94. The van der Waals surface area contributed by atoms with Crippen LogP contribution in [0.1, 0.15) is 11.4 Å². The van der Waals surface area contributed by atoms with Gasteiger partial charge in [0.2, 0.25) is 0 Å². The third-order valence-electron chi connectivity index (χ3n) is 3.43. The van der Waals surface area contributed by atoms with Crippen molar-refractivity contribution in [1.29, 1.82) is 0 Å². The highest BCUT2D eigenvalue weighted by atomic mass is 16.5. The number of aromatic nitrogens is 4. The van der Waals surface area contributed by atoms with E-state index in [1.54, 1.807) is 11.8 Å². The Labute approximate surface area is 134 Å². The van der Waals surface area contributed by atoms with Gasteiger partial charge >= 0.3 is 0 Å². The minimum atomic E-state index is 0.635. The minimum Gasteiger partial charge on any atom is -0.497 e. The summed E-state index contributed by atoms with van der Waals surface area (Å²) in [5.41, 5.74) is 3.09. The summed E-state index contributed by atoms with van der Waals surface area (Å²) in [5, 5.41) is 15.0. The molecule has 116 valence electrons. The Balaban J connectivity index is 1.78. The molecule has 0 aliphatic rings. The third-order valence-corrected chi connectivity index (χ3v) is 3.43. The van der Waals surface area contributed by atoms with E-state index in [4.69, 9.17) is 4.74 Å². The van der Waals surface area contributed by atoms with Crippen molar-refractivity contribution in [2.75, 3.05) is 12.4 Å². The molecule has 0 spiro atoms. The minimum absolute atomic E-state index is 0.635. The quantitative estimate of drug-likeness (QED) is 0.785. The van der Waals surface area contributed by atoms with Crippen molar-refractivity contribution in [3.8, 4) is 11.4 Å². The highest BCUT2D eigenvalue weighted by molar-refractivity contribution is 5.56. The van der Waals surface area contributed by atoms with Crippen LogP contribution in [0.15, 0.2) is 54.7 Å². The van der Waals surface area contributed by atoms with Gasteiger partial charge in [0.1, 0.15) is 5.75 Å². The van der Waals surface area contributed by atoms with Gasteiger partial charge in [-0.3, -0.25) is 0 Å². The van der Waals surface area contributed by atoms with E-state index < -0.39 is 0 Å². The van der Waals surface area contributed by atoms with E-state index in [0.29, 0.717) is 5.82 Å². The Morgan fingerprint density at radius 2 is 1.87 bits per heavy atom. The normalized spacial score (nSPS) is 10.9. The Hall–Kier alpha value is -3.15. The van der Waals surface area contributed by atoms with Gasteiger partial charge in [-0.2, -0.15) is 4.68 Å². The number of benzene rings is 2. The number of methoxy groups -OCH3 is 1. The molecule has 0 saturated heterocycles. The molecule has 2 aromatic carbocycles. The van der Waals surface area contributed by atoms with E-state index in [2.05, 4.69) is 33.8 Å². The van der Waals surface area contributed by atoms with E-state index in [1.165, 1.54) is 5.56 Å². The molecule has 1 N–H and O–H groups in total. The summed E-state index contributed by atoms with van der Waals surface area (Å²) in [6.45, 7) is 2.05. The number of hydrogen-bond acceptors (Lipinski definition) is 5. The van der Waals surface area contributed by atoms with Gasteiger partial charge in [0.05, 0.1) is 12.8 Å². The molecule has 0 aliphatic carbocycles. The fourth-order valence-corrected chi connectivity index (χ4v) is 2.15. The van der Waals surface area contributed by atoms with Crippen LogP contribution in [0.3, 0.4) is 0 Å². The number of hydrogen-bond donors (Lipinski definition) is 1. The monoisotopic (exact) mass is 307 g/mol. The van der Waals surface area contributed by atoms with Gasteiger partial charge in [-0.05, 0) is 53.2 Å². The van der Waals surface area contributed by atoms with Crippen molar-refractivity contribution >= 4 is 11.8 Å². The number of ether oxygens (including phenoxy) is 1. The summed E-state index contributed by atoms with van der Waals surface area (Å²) in [6, 6.07) is 15.6. The number of nitrogens with one attached hydrogen (secondary N) is 1. The van der Waals surface area contributed by atoms with Crippen molar-refractivity contribution in [1.82, 2.24) is 20.2 Å². The fraction of sp³-hybridized carbons (Fsp3) is 0.118. The molecule has 3 rings (SSSR count). The van der Waals surface area contributed by atoms with Crippen molar-refractivity contribution in [3.63, 3.8) is 0 Å². The smallest absolute Gasteiger partial charge is 0.181 e. The summed E-state index contributed by atoms with van der Waals surface area (Å²) in [4.78, 5) is 0. The molecule has 0 atom stereocenters. The lowest BCUT2D eigenvalue weighted by atomic mass is 10.2. The predicted molar refractivity (Wildman–Crippen MR) is 89.5 cm³/mol. The topological polar surface area (TPSA) is 64.9 Å².